The number of hydrogen-bond acceptors (Lipinski definition) is 1. The molecule has 1 aliphatic heterocycles. The zero-order chi connectivity index (χ0) is 9.84. The summed E-state index contributed by atoms with van der Waals surface area (Å²) in [6.45, 7) is 4.09. The third-order valence-electron chi connectivity index (χ3n) is 2.75. The molecule has 0 aliphatic carbocycles. The molecule has 1 saturated heterocycles. The van der Waals surface area contributed by atoms with Crippen molar-refractivity contribution in [3.63, 3.8) is 0 Å². The highest BCUT2D eigenvalue weighted by Crippen LogP contribution is 2.19. The molecule has 1 atom stereocenters. The molecule has 0 bridgehead atoms. The second-order valence-corrected chi connectivity index (χ2v) is 4.04. The molecule has 0 saturated carbocycles. The zero-order valence-electron chi connectivity index (χ0n) is 8.92. The van der Waals surface area contributed by atoms with Crippen molar-refractivity contribution in [3.05, 3.63) is 0 Å². The molecule has 1 fully saturated rings. The van der Waals surface area contributed by atoms with Gasteiger partial charge in [0.15, 0.2) is 0 Å². The summed E-state index contributed by atoms with van der Waals surface area (Å²) in [6, 6.07) is 0.165. The lowest BCUT2D eigenvalue weighted by atomic mass is 9.96. The number of urea groups is 1. The van der Waals surface area contributed by atoms with E-state index < -0.39 is 0 Å². The van der Waals surface area contributed by atoms with Crippen LogP contribution >= 0.6 is 0 Å². The molecule has 76 valence electrons. The number of rotatable bonds is 1. The van der Waals surface area contributed by atoms with Crippen LogP contribution in [0.5, 0.6) is 0 Å². The van der Waals surface area contributed by atoms with Crippen LogP contribution in [-0.4, -0.2) is 43.0 Å². The molecule has 1 unspecified atom stereocenters. The lowest BCUT2D eigenvalue weighted by Crippen LogP contribution is -2.44. The van der Waals surface area contributed by atoms with E-state index in [2.05, 4.69) is 6.92 Å². The van der Waals surface area contributed by atoms with Gasteiger partial charge in [-0.05, 0) is 18.8 Å². The first-order chi connectivity index (χ1) is 6.15. The van der Waals surface area contributed by atoms with Crippen molar-refractivity contribution in [2.75, 3.05) is 27.2 Å². The summed E-state index contributed by atoms with van der Waals surface area (Å²) >= 11 is 0. The Morgan fingerprint density at radius 3 is 2.77 bits per heavy atom. The van der Waals surface area contributed by atoms with Crippen molar-refractivity contribution >= 4 is 6.03 Å². The second kappa shape index (κ2) is 4.49. The van der Waals surface area contributed by atoms with Crippen molar-refractivity contribution in [1.82, 2.24) is 9.80 Å². The van der Waals surface area contributed by atoms with Gasteiger partial charge >= 0.3 is 6.03 Å². The maximum atomic E-state index is 11.6. The Morgan fingerprint density at radius 1 is 1.54 bits per heavy atom. The van der Waals surface area contributed by atoms with Crippen LogP contribution in [0, 0.1) is 5.92 Å². The number of nitrogens with zero attached hydrogens (tertiary/aromatic N) is 2. The van der Waals surface area contributed by atoms with E-state index in [4.69, 9.17) is 0 Å². The van der Waals surface area contributed by atoms with Crippen molar-refractivity contribution in [1.29, 1.82) is 0 Å². The fraction of sp³-hybridized carbons (Fsp3) is 0.900. The predicted octanol–water partition coefficient (Wildman–Crippen LogP) is 1.79. The molecule has 1 aliphatic rings. The highest BCUT2D eigenvalue weighted by molar-refractivity contribution is 5.73. The van der Waals surface area contributed by atoms with E-state index >= 15 is 0 Å². The highest BCUT2D eigenvalue weighted by atomic mass is 16.2. The van der Waals surface area contributed by atoms with E-state index in [0.29, 0.717) is 0 Å². The van der Waals surface area contributed by atoms with Crippen LogP contribution in [-0.2, 0) is 0 Å². The van der Waals surface area contributed by atoms with E-state index in [1.807, 2.05) is 19.0 Å². The molecule has 1 rings (SSSR count). The quantitative estimate of drug-likeness (QED) is 0.609. The van der Waals surface area contributed by atoms with Crippen molar-refractivity contribution in [3.8, 4) is 0 Å². The molecular formula is C10H20N2O. The standard InChI is InChI=1S/C10H20N2O/c1-4-9-6-5-7-12(8-9)10(13)11(2)3/h9H,4-8H2,1-3H3. The minimum absolute atomic E-state index is 0.165. The van der Waals surface area contributed by atoms with Gasteiger partial charge in [-0.3, -0.25) is 0 Å². The van der Waals surface area contributed by atoms with Gasteiger partial charge in [-0.2, -0.15) is 0 Å². The van der Waals surface area contributed by atoms with E-state index in [1.165, 1.54) is 12.8 Å². The Kier molecular flexibility index (Phi) is 3.58. The van der Waals surface area contributed by atoms with Crippen LogP contribution in [0.1, 0.15) is 26.2 Å². The van der Waals surface area contributed by atoms with Crippen LogP contribution in [0.2, 0.25) is 0 Å². The topological polar surface area (TPSA) is 23.6 Å². The van der Waals surface area contributed by atoms with Gasteiger partial charge < -0.3 is 9.80 Å². The molecular weight excluding hydrogens is 164 g/mol. The maximum absolute atomic E-state index is 11.6. The smallest absolute Gasteiger partial charge is 0.319 e. The summed E-state index contributed by atoms with van der Waals surface area (Å²) < 4.78 is 0. The Hall–Kier alpha value is -0.730. The predicted molar refractivity (Wildman–Crippen MR) is 53.7 cm³/mol. The van der Waals surface area contributed by atoms with Gasteiger partial charge in [-0.25, -0.2) is 4.79 Å². The second-order valence-electron chi connectivity index (χ2n) is 4.04. The molecule has 3 heteroatoms. The Balaban J connectivity index is 2.46. The van der Waals surface area contributed by atoms with Gasteiger partial charge in [-0.1, -0.05) is 13.3 Å². The molecule has 2 amide bonds. The van der Waals surface area contributed by atoms with Gasteiger partial charge in [0, 0.05) is 27.2 Å². The van der Waals surface area contributed by atoms with Gasteiger partial charge in [-0.15, -0.1) is 0 Å². The third kappa shape index (κ3) is 2.61. The summed E-state index contributed by atoms with van der Waals surface area (Å²) in [7, 11) is 3.63. The molecule has 0 aromatic heterocycles. The SMILES string of the molecule is CCC1CCCN(C(=O)N(C)C)C1. The average molecular weight is 184 g/mol. The minimum atomic E-state index is 0.165. The monoisotopic (exact) mass is 184 g/mol. The number of carbonyl (C=O) groups is 1. The summed E-state index contributed by atoms with van der Waals surface area (Å²) in [5.41, 5.74) is 0. The fourth-order valence-electron chi connectivity index (χ4n) is 1.85. The molecule has 0 radical (unpaired) electrons. The van der Waals surface area contributed by atoms with E-state index in [9.17, 15) is 4.79 Å². The largest absolute Gasteiger partial charge is 0.331 e. The van der Waals surface area contributed by atoms with Crippen LogP contribution in [0.15, 0.2) is 0 Å². The summed E-state index contributed by atoms with van der Waals surface area (Å²) in [4.78, 5) is 15.2. The number of carbonyl (C=O) groups excluding carboxylic acids is 1. The van der Waals surface area contributed by atoms with Gasteiger partial charge in [0.05, 0.1) is 0 Å². The lowest BCUT2D eigenvalue weighted by molar-refractivity contribution is 0.142. The number of hydrogen-bond donors (Lipinski definition) is 0. The number of piperidine rings is 1. The molecule has 1 heterocycles. The van der Waals surface area contributed by atoms with Gasteiger partial charge in [0.2, 0.25) is 0 Å². The van der Waals surface area contributed by atoms with E-state index in [0.717, 1.165) is 25.4 Å². The van der Waals surface area contributed by atoms with Gasteiger partial charge in [0.25, 0.3) is 0 Å². The van der Waals surface area contributed by atoms with Crippen molar-refractivity contribution < 1.29 is 4.79 Å². The Labute approximate surface area is 80.7 Å². The summed E-state index contributed by atoms with van der Waals surface area (Å²) in [5.74, 6) is 0.720. The fourth-order valence-corrected chi connectivity index (χ4v) is 1.85. The molecule has 0 aromatic carbocycles. The van der Waals surface area contributed by atoms with Crippen molar-refractivity contribution in [2.24, 2.45) is 5.92 Å². The molecule has 0 N–H and O–H groups in total. The Bertz CT molecular complexity index is 180. The summed E-state index contributed by atoms with van der Waals surface area (Å²) in [5, 5.41) is 0. The molecule has 0 aromatic rings. The Morgan fingerprint density at radius 2 is 2.23 bits per heavy atom. The lowest BCUT2D eigenvalue weighted by Gasteiger charge is -2.33. The first-order valence-electron chi connectivity index (χ1n) is 5.11. The van der Waals surface area contributed by atoms with Crippen LogP contribution in [0.3, 0.4) is 0 Å². The van der Waals surface area contributed by atoms with E-state index in [1.54, 1.807) is 4.90 Å². The number of likely N-dealkylation sites (tertiary alicyclic amines) is 1. The molecule has 3 nitrogen and oxygen atoms in total. The van der Waals surface area contributed by atoms with Crippen LogP contribution in [0.4, 0.5) is 4.79 Å². The summed E-state index contributed by atoms with van der Waals surface area (Å²) in [6.07, 6.45) is 3.64. The normalized spacial score (nSPS) is 23.0. The van der Waals surface area contributed by atoms with Crippen LogP contribution < -0.4 is 0 Å². The maximum Gasteiger partial charge on any atom is 0.319 e. The third-order valence-corrected chi connectivity index (χ3v) is 2.75. The van der Waals surface area contributed by atoms with Crippen LogP contribution in [0.25, 0.3) is 0 Å². The van der Waals surface area contributed by atoms with Gasteiger partial charge in [0.1, 0.15) is 0 Å². The molecule has 0 spiro atoms. The molecule has 13 heavy (non-hydrogen) atoms. The average Bonchev–Trinajstić information content (AvgIpc) is 2.16. The first kappa shape index (κ1) is 10.4. The highest BCUT2D eigenvalue weighted by Gasteiger charge is 2.23. The van der Waals surface area contributed by atoms with Crippen molar-refractivity contribution in [2.45, 2.75) is 26.2 Å². The zero-order valence-corrected chi connectivity index (χ0v) is 8.92. The number of amides is 2. The first-order valence-corrected chi connectivity index (χ1v) is 5.11. The minimum Gasteiger partial charge on any atom is -0.331 e. The van der Waals surface area contributed by atoms with E-state index in [-0.39, 0.29) is 6.03 Å².